The number of thiazole rings is 1. The maximum atomic E-state index is 6.08. The lowest BCUT2D eigenvalue weighted by Gasteiger charge is -2.39. The van der Waals surface area contributed by atoms with E-state index in [2.05, 4.69) is 22.6 Å². The molecule has 1 atom stereocenters. The second kappa shape index (κ2) is 8.11. The lowest BCUT2D eigenvalue weighted by Crippen LogP contribution is -2.53. The molecule has 1 aromatic heterocycles. The number of methoxy groups -OCH3 is 1. The number of ether oxygens (including phenoxy) is 1. The number of nitrogens with one attached hydrogen (secondary N) is 1. The lowest BCUT2D eigenvalue weighted by atomic mass is 9.84. The smallest absolute Gasteiger partial charge is 0.0941 e. The fraction of sp³-hybridized carbons (Fsp3) is 0.812. The second-order valence-corrected chi connectivity index (χ2v) is 6.80. The van der Waals surface area contributed by atoms with Crippen LogP contribution in [0.15, 0.2) is 11.6 Å². The minimum absolute atomic E-state index is 0.00264. The summed E-state index contributed by atoms with van der Waals surface area (Å²) in [6.45, 7) is 3.28. The molecule has 1 aliphatic rings. The Hall–Kier alpha value is -0.450. The number of rotatable bonds is 7. The SMILES string of the molecule is CCCNC(Cc1nccs1)C1(OC)CCCCCC1. The molecule has 114 valence electrons. The molecule has 0 aromatic carbocycles. The van der Waals surface area contributed by atoms with E-state index in [0.717, 1.165) is 19.4 Å². The van der Waals surface area contributed by atoms with Gasteiger partial charge in [0.05, 0.1) is 10.6 Å². The summed E-state index contributed by atoms with van der Waals surface area (Å²) < 4.78 is 6.08. The van der Waals surface area contributed by atoms with E-state index in [-0.39, 0.29) is 5.60 Å². The van der Waals surface area contributed by atoms with Gasteiger partial charge in [-0.3, -0.25) is 0 Å². The van der Waals surface area contributed by atoms with Crippen LogP contribution in [0.1, 0.15) is 56.9 Å². The zero-order chi connectivity index (χ0) is 14.3. The van der Waals surface area contributed by atoms with Crippen molar-refractivity contribution in [3.8, 4) is 0 Å². The summed E-state index contributed by atoms with van der Waals surface area (Å²) in [6.07, 6.45) is 11.7. The van der Waals surface area contributed by atoms with Crippen LogP contribution in [0.4, 0.5) is 0 Å². The molecule has 0 radical (unpaired) electrons. The van der Waals surface area contributed by atoms with Gasteiger partial charge in [-0.1, -0.05) is 32.6 Å². The van der Waals surface area contributed by atoms with E-state index in [4.69, 9.17) is 4.74 Å². The minimum Gasteiger partial charge on any atom is -0.377 e. The van der Waals surface area contributed by atoms with Crippen molar-refractivity contribution in [1.82, 2.24) is 10.3 Å². The molecular weight excluding hydrogens is 268 g/mol. The molecule has 1 aromatic rings. The average molecular weight is 296 g/mol. The molecule has 1 N–H and O–H groups in total. The highest BCUT2D eigenvalue weighted by Crippen LogP contribution is 2.34. The van der Waals surface area contributed by atoms with Crippen LogP contribution in [0.3, 0.4) is 0 Å². The van der Waals surface area contributed by atoms with Crippen molar-refractivity contribution in [2.24, 2.45) is 0 Å². The third kappa shape index (κ3) is 4.03. The Balaban J connectivity index is 2.12. The predicted octanol–water partition coefficient (Wildman–Crippen LogP) is 3.79. The number of nitrogens with zero attached hydrogens (tertiary/aromatic N) is 1. The highest BCUT2D eigenvalue weighted by Gasteiger charge is 2.39. The topological polar surface area (TPSA) is 34.2 Å². The Morgan fingerprint density at radius 1 is 1.35 bits per heavy atom. The molecule has 1 saturated carbocycles. The fourth-order valence-electron chi connectivity index (χ4n) is 3.31. The van der Waals surface area contributed by atoms with Crippen LogP contribution in [-0.4, -0.2) is 30.3 Å². The monoisotopic (exact) mass is 296 g/mol. The van der Waals surface area contributed by atoms with Crippen molar-refractivity contribution in [3.63, 3.8) is 0 Å². The Morgan fingerprint density at radius 2 is 2.10 bits per heavy atom. The summed E-state index contributed by atoms with van der Waals surface area (Å²) >= 11 is 1.76. The van der Waals surface area contributed by atoms with Gasteiger partial charge >= 0.3 is 0 Å². The normalized spacial score (nSPS) is 20.5. The molecule has 2 rings (SSSR count). The lowest BCUT2D eigenvalue weighted by molar-refractivity contribution is -0.0526. The molecule has 1 aliphatic carbocycles. The first kappa shape index (κ1) is 15.9. The van der Waals surface area contributed by atoms with Crippen LogP contribution < -0.4 is 5.32 Å². The van der Waals surface area contributed by atoms with Crippen LogP contribution >= 0.6 is 11.3 Å². The van der Waals surface area contributed by atoms with Crippen molar-refractivity contribution in [2.45, 2.75) is 69.9 Å². The predicted molar refractivity (Wildman–Crippen MR) is 85.3 cm³/mol. The average Bonchev–Trinajstić information content (AvgIpc) is 2.86. The first-order valence-electron chi connectivity index (χ1n) is 7.97. The molecule has 0 bridgehead atoms. The molecule has 4 heteroatoms. The maximum Gasteiger partial charge on any atom is 0.0941 e. The summed E-state index contributed by atoms with van der Waals surface area (Å²) in [4.78, 5) is 4.47. The van der Waals surface area contributed by atoms with Crippen LogP contribution in [-0.2, 0) is 11.2 Å². The van der Waals surface area contributed by atoms with E-state index < -0.39 is 0 Å². The van der Waals surface area contributed by atoms with Crippen molar-refractivity contribution in [2.75, 3.05) is 13.7 Å². The number of aromatic nitrogens is 1. The maximum absolute atomic E-state index is 6.08. The largest absolute Gasteiger partial charge is 0.377 e. The fourth-order valence-corrected chi connectivity index (χ4v) is 3.98. The molecule has 1 unspecified atom stereocenters. The standard InChI is InChI=1S/C16H28N2OS/c1-3-10-17-14(13-15-18-11-12-20-15)16(19-2)8-6-4-5-7-9-16/h11-12,14,17H,3-10,13H2,1-2H3. The molecule has 0 spiro atoms. The van der Waals surface area contributed by atoms with E-state index >= 15 is 0 Å². The van der Waals surface area contributed by atoms with E-state index in [1.54, 1.807) is 11.3 Å². The Kier molecular flexibility index (Phi) is 6.46. The van der Waals surface area contributed by atoms with Gasteiger partial charge in [0.25, 0.3) is 0 Å². The van der Waals surface area contributed by atoms with Gasteiger partial charge in [0, 0.05) is 31.1 Å². The van der Waals surface area contributed by atoms with Crippen molar-refractivity contribution < 1.29 is 4.74 Å². The minimum atomic E-state index is -0.00264. The van der Waals surface area contributed by atoms with Gasteiger partial charge in [0.2, 0.25) is 0 Å². The first-order valence-corrected chi connectivity index (χ1v) is 8.85. The molecule has 3 nitrogen and oxygen atoms in total. The van der Waals surface area contributed by atoms with Gasteiger partial charge in [-0.05, 0) is 25.8 Å². The van der Waals surface area contributed by atoms with E-state index in [1.165, 1.54) is 43.5 Å². The highest BCUT2D eigenvalue weighted by atomic mass is 32.1. The summed E-state index contributed by atoms with van der Waals surface area (Å²) in [6, 6.07) is 0.386. The van der Waals surface area contributed by atoms with E-state index in [9.17, 15) is 0 Å². The van der Waals surface area contributed by atoms with Crippen LogP contribution in [0, 0.1) is 0 Å². The molecule has 1 heterocycles. The van der Waals surface area contributed by atoms with Gasteiger partial charge in [-0.15, -0.1) is 11.3 Å². The summed E-state index contributed by atoms with van der Waals surface area (Å²) in [5.74, 6) is 0. The van der Waals surface area contributed by atoms with Gasteiger partial charge < -0.3 is 10.1 Å². The third-order valence-electron chi connectivity index (χ3n) is 4.49. The van der Waals surface area contributed by atoms with Crippen molar-refractivity contribution in [3.05, 3.63) is 16.6 Å². The second-order valence-electron chi connectivity index (χ2n) is 5.82. The summed E-state index contributed by atoms with van der Waals surface area (Å²) in [7, 11) is 1.90. The Labute approximate surface area is 127 Å². The molecule has 0 saturated heterocycles. The van der Waals surface area contributed by atoms with Crippen LogP contribution in [0.2, 0.25) is 0 Å². The molecule has 1 fully saturated rings. The molecule has 0 aliphatic heterocycles. The van der Waals surface area contributed by atoms with E-state index in [0.29, 0.717) is 6.04 Å². The Bertz CT molecular complexity index is 359. The molecule has 20 heavy (non-hydrogen) atoms. The first-order chi connectivity index (χ1) is 9.80. The van der Waals surface area contributed by atoms with Crippen LogP contribution in [0.5, 0.6) is 0 Å². The molecule has 0 amide bonds. The third-order valence-corrected chi connectivity index (χ3v) is 5.30. The van der Waals surface area contributed by atoms with Gasteiger partial charge in [0.15, 0.2) is 0 Å². The van der Waals surface area contributed by atoms with Crippen molar-refractivity contribution >= 4 is 11.3 Å². The summed E-state index contributed by atoms with van der Waals surface area (Å²) in [5.41, 5.74) is -0.00264. The van der Waals surface area contributed by atoms with Gasteiger partial charge in [0.1, 0.15) is 0 Å². The van der Waals surface area contributed by atoms with Gasteiger partial charge in [-0.2, -0.15) is 0 Å². The van der Waals surface area contributed by atoms with Gasteiger partial charge in [-0.25, -0.2) is 4.98 Å². The highest BCUT2D eigenvalue weighted by molar-refractivity contribution is 7.09. The summed E-state index contributed by atoms with van der Waals surface area (Å²) in [5, 5.41) is 7.03. The Morgan fingerprint density at radius 3 is 2.65 bits per heavy atom. The quantitative estimate of drug-likeness (QED) is 0.777. The zero-order valence-electron chi connectivity index (χ0n) is 12.9. The van der Waals surface area contributed by atoms with Crippen molar-refractivity contribution in [1.29, 1.82) is 0 Å². The zero-order valence-corrected chi connectivity index (χ0v) is 13.7. The number of hydrogen-bond donors (Lipinski definition) is 1. The van der Waals surface area contributed by atoms with E-state index in [1.807, 2.05) is 13.3 Å². The molecular formula is C16H28N2OS. The number of hydrogen-bond acceptors (Lipinski definition) is 4. The van der Waals surface area contributed by atoms with Crippen LogP contribution in [0.25, 0.3) is 0 Å².